The number of aryl methyl sites for hydroxylation is 1. The van der Waals surface area contributed by atoms with Gasteiger partial charge in [0, 0.05) is 13.2 Å². The second-order valence-electron chi connectivity index (χ2n) is 8.01. The highest BCUT2D eigenvalue weighted by atomic mass is 16.5. The predicted molar refractivity (Wildman–Crippen MR) is 111 cm³/mol. The number of rotatable bonds is 7. The third-order valence-electron chi connectivity index (χ3n) is 6.04. The van der Waals surface area contributed by atoms with Crippen LogP contribution in [0, 0.1) is 6.92 Å². The molecule has 1 aromatic heterocycles. The van der Waals surface area contributed by atoms with E-state index in [-0.39, 0.29) is 12.0 Å². The third-order valence-corrected chi connectivity index (χ3v) is 6.04. The number of benzene rings is 1. The average Bonchev–Trinajstić information content (AvgIpc) is 3.15. The first-order chi connectivity index (χ1) is 14.2. The number of hydrogen-bond donors (Lipinski definition) is 2. The van der Waals surface area contributed by atoms with Crippen molar-refractivity contribution < 1.29 is 9.53 Å². The van der Waals surface area contributed by atoms with Gasteiger partial charge >= 0.3 is 0 Å². The Hall–Kier alpha value is -2.25. The number of piperidine rings is 1. The van der Waals surface area contributed by atoms with Crippen LogP contribution in [0.2, 0.25) is 0 Å². The van der Waals surface area contributed by atoms with E-state index in [1.165, 1.54) is 17.5 Å². The number of nitrogens with zero attached hydrogens (tertiary/aromatic N) is 3. The predicted octanol–water partition coefficient (Wildman–Crippen LogP) is 2.73. The molecule has 0 saturated carbocycles. The summed E-state index contributed by atoms with van der Waals surface area (Å²) in [6.07, 6.45) is 6.39. The molecule has 1 aromatic carbocycles. The second kappa shape index (κ2) is 9.50. The van der Waals surface area contributed by atoms with Crippen molar-refractivity contribution in [1.29, 1.82) is 0 Å². The minimum Gasteiger partial charge on any atom is -0.373 e. The van der Waals surface area contributed by atoms with Crippen LogP contribution < -0.4 is 10.6 Å². The van der Waals surface area contributed by atoms with E-state index < -0.39 is 0 Å². The molecule has 1 saturated heterocycles. The molecule has 2 aromatic rings. The normalized spacial score (nSPS) is 19.7. The van der Waals surface area contributed by atoms with Gasteiger partial charge in [-0.1, -0.05) is 29.5 Å². The fraction of sp³-hybridized carbons (Fsp3) is 0.591. The van der Waals surface area contributed by atoms with E-state index in [9.17, 15) is 4.79 Å². The highest BCUT2D eigenvalue weighted by molar-refractivity contribution is 5.93. The fourth-order valence-corrected chi connectivity index (χ4v) is 4.41. The molecule has 29 heavy (non-hydrogen) atoms. The molecular formula is C22H31N5O2. The molecule has 7 nitrogen and oxygen atoms in total. The van der Waals surface area contributed by atoms with Crippen molar-refractivity contribution in [3.05, 3.63) is 46.8 Å². The lowest BCUT2D eigenvalue weighted by Crippen LogP contribution is -2.30. The van der Waals surface area contributed by atoms with Crippen LogP contribution in [-0.2, 0) is 11.2 Å². The van der Waals surface area contributed by atoms with Crippen LogP contribution in [0.4, 0.5) is 0 Å². The van der Waals surface area contributed by atoms with Crippen LogP contribution in [0.25, 0.3) is 0 Å². The Labute approximate surface area is 172 Å². The average molecular weight is 398 g/mol. The van der Waals surface area contributed by atoms with Gasteiger partial charge < -0.3 is 15.4 Å². The van der Waals surface area contributed by atoms with Gasteiger partial charge in [0.15, 0.2) is 5.69 Å². The molecule has 0 bridgehead atoms. The third kappa shape index (κ3) is 4.67. The zero-order chi connectivity index (χ0) is 20.1. The van der Waals surface area contributed by atoms with Crippen LogP contribution >= 0.6 is 0 Å². The van der Waals surface area contributed by atoms with Gasteiger partial charge in [0.1, 0.15) is 0 Å². The standard InChI is InChI=1S/C22H31N5O2/c1-16-21(25-26-27(16)18-10-13-23-14-11-18)22(28)24-12-5-15-29-20-9-4-7-17-6-2-3-8-19(17)20/h2-3,6,8,18,20,23H,4-5,7,9-15H2,1H3,(H,24,28). The molecule has 2 heterocycles. The number of aromatic nitrogens is 3. The molecule has 156 valence electrons. The van der Waals surface area contributed by atoms with E-state index in [1.54, 1.807) is 0 Å². The number of hydrogen-bond acceptors (Lipinski definition) is 5. The summed E-state index contributed by atoms with van der Waals surface area (Å²) in [5.74, 6) is -0.148. The van der Waals surface area contributed by atoms with Crippen molar-refractivity contribution in [3.8, 4) is 0 Å². The molecule has 1 aliphatic carbocycles. The molecule has 1 amide bonds. The van der Waals surface area contributed by atoms with Gasteiger partial charge in [-0.25, -0.2) is 4.68 Å². The summed E-state index contributed by atoms with van der Waals surface area (Å²) in [7, 11) is 0. The quantitative estimate of drug-likeness (QED) is 0.702. The lowest BCUT2D eigenvalue weighted by Gasteiger charge is -2.25. The summed E-state index contributed by atoms with van der Waals surface area (Å²) in [4.78, 5) is 12.5. The first-order valence-electron chi connectivity index (χ1n) is 10.8. The van der Waals surface area contributed by atoms with Crippen molar-refractivity contribution in [2.45, 2.75) is 57.6 Å². The van der Waals surface area contributed by atoms with Gasteiger partial charge in [-0.15, -0.1) is 5.10 Å². The molecule has 1 aliphatic heterocycles. The van der Waals surface area contributed by atoms with Gasteiger partial charge in [0.2, 0.25) is 0 Å². The first kappa shape index (κ1) is 20.0. The Kier molecular flexibility index (Phi) is 6.56. The summed E-state index contributed by atoms with van der Waals surface area (Å²) in [6, 6.07) is 8.89. The molecule has 1 atom stereocenters. The number of carbonyl (C=O) groups is 1. The maximum Gasteiger partial charge on any atom is 0.273 e. The Balaban J connectivity index is 1.22. The number of nitrogens with one attached hydrogen (secondary N) is 2. The van der Waals surface area contributed by atoms with Crippen molar-refractivity contribution in [3.63, 3.8) is 0 Å². The monoisotopic (exact) mass is 397 g/mol. The summed E-state index contributed by atoms with van der Waals surface area (Å²) in [5, 5.41) is 14.7. The van der Waals surface area contributed by atoms with E-state index >= 15 is 0 Å². The SMILES string of the molecule is Cc1c(C(=O)NCCCOC2CCCc3ccccc32)nnn1C1CCNCC1. The number of carbonyl (C=O) groups excluding carboxylic acids is 1. The zero-order valence-corrected chi connectivity index (χ0v) is 17.2. The van der Waals surface area contributed by atoms with Gasteiger partial charge in [-0.05, 0) is 69.7 Å². The minimum absolute atomic E-state index is 0.148. The van der Waals surface area contributed by atoms with Gasteiger partial charge in [0.25, 0.3) is 5.91 Å². The number of fused-ring (bicyclic) bond motifs is 1. The van der Waals surface area contributed by atoms with Crippen molar-refractivity contribution in [1.82, 2.24) is 25.6 Å². The van der Waals surface area contributed by atoms with Crippen molar-refractivity contribution >= 4 is 5.91 Å². The van der Waals surface area contributed by atoms with E-state index in [0.29, 0.717) is 24.9 Å². The molecule has 7 heteroatoms. The smallest absolute Gasteiger partial charge is 0.273 e. The molecule has 0 spiro atoms. The number of amides is 1. The van der Waals surface area contributed by atoms with Crippen LogP contribution in [0.1, 0.15) is 71.6 Å². The van der Waals surface area contributed by atoms with Crippen LogP contribution in [0.3, 0.4) is 0 Å². The van der Waals surface area contributed by atoms with Crippen LogP contribution in [-0.4, -0.2) is 47.1 Å². The minimum atomic E-state index is -0.148. The van der Waals surface area contributed by atoms with Crippen molar-refractivity contribution in [2.24, 2.45) is 0 Å². The van der Waals surface area contributed by atoms with E-state index in [4.69, 9.17) is 4.74 Å². The Morgan fingerprint density at radius 3 is 2.97 bits per heavy atom. The Bertz CT molecular complexity index is 828. The summed E-state index contributed by atoms with van der Waals surface area (Å²) in [6.45, 7) is 5.11. The lowest BCUT2D eigenvalue weighted by atomic mass is 9.89. The molecule has 2 aliphatic rings. The van der Waals surface area contributed by atoms with Crippen molar-refractivity contribution in [2.75, 3.05) is 26.2 Å². The topological polar surface area (TPSA) is 81.1 Å². The molecule has 4 rings (SSSR count). The maximum absolute atomic E-state index is 12.5. The first-order valence-corrected chi connectivity index (χ1v) is 10.8. The maximum atomic E-state index is 12.5. The molecule has 0 radical (unpaired) electrons. The lowest BCUT2D eigenvalue weighted by molar-refractivity contribution is 0.0393. The van der Waals surface area contributed by atoms with E-state index in [0.717, 1.165) is 50.9 Å². The summed E-state index contributed by atoms with van der Waals surface area (Å²) >= 11 is 0. The summed E-state index contributed by atoms with van der Waals surface area (Å²) in [5.41, 5.74) is 4.02. The van der Waals surface area contributed by atoms with Crippen LogP contribution in [0.5, 0.6) is 0 Å². The zero-order valence-electron chi connectivity index (χ0n) is 17.2. The molecule has 1 fully saturated rings. The Morgan fingerprint density at radius 1 is 1.28 bits per heavy atom. The molecule has 2 N–H and O–H groups in total. The van der Waals surface area contributed by atoms with E-state index in [2.05, 4.69) is 45.2 Å². The fourth-order valence-electron chi connectivity index (χ4n) is 4.41. The van der Waals surface area contributed by atoms with Gasteiger partial charge in [-0.2, -0.15) is 0 Å². The van der Waals surface area contributed by atoms with E-state index in [1.807, 2.05) is 11.6 Å². The summed E-state index contributed by atoms with van der Waals surface area (Å²) < 4.78 is 8.03. The number of ether oxygens (including phenoxy) is 1. The molecular weight excluding hydrogens is 366 g/mol. The second-order valence-corrected chi connectivity index (χ2v) is 8.01. The highest BCUT2D eigenvalue weighted by Gasteiger charge is 2.23. The van der Waals surface area contributed by atoms with Crippen LogP contribution in [0.15, 0.2) is 24.3 Å². The Morgan fingerprint density at radius 2 is 2.10 bits per heavy atom. The van der Waals surface area contributed by atoms with Gasteiger partial charge in [0.05, 0.1) is 17.8 Å². The largest absolute Gasteiger partial charge is 0.373 e. The molecule has 1 unspecified atom stereocenters. The van der Waals surface area contributed by atoms with Gasteiger partial charge in [-0.3, -0.25) is 4.79 Å². The highest BCUT2D eigenvalue weighted by Crippen LogP contribution is 2.32.